The van der Waals surface area contributed by atoms with Gasteiger partial charge in [-0.25, -0.2) is 9.78 Å². The van der Waals surface area contributed by atoms with Gasteiger partial charge >= 0.3 is 6.09 Å². The first-order valence-electron chi connectivity index (χ1n) is 9.06. The number of pyridine rings is 1. The van der Waals surface area contributed by atoms with Gasteiger partial charge in [-0.15, -0.1) is 24.0 Å². The lowest BCUT2D eigenvalue weighted by Gasteiger charge is -2.31. The number of nitrogens with two attached hydrogens (primary N) is 1. The minimum absolute atomic E-state index is 0. The third-order valence-corrected chi connectivity index (χ3v) is 4.44. The molecule has 1 fully saturated rings. The molecule has 1 amide bonds. The number of hydrogen-bond acceptors (Lipinski definition) is 4. The number of hydrogen-bond donors (Lipinski definition) is 2. The fourth-order valence-corrected chi connectivity index (χ4v) is 3.07. The standard InChI is InChI=1S/C18H26N6O2.HI/c1-2-26-18(25)23-11-7-14(8-12-23)22-17(19)20-9-6-15-13-24-10-4-3-5-16(24)21-15;/h3-5,10,13-14H,2,6-9,11-12H2,1H3,(H3,19,20,22);1H. The zero-order valence-corrected chi connectivity index (χ0v) is 17.8. The fourth-order valence-electron chi connectivity index (χ4n) is 3.07. The smallest absolute Gasteiger partial charge is 0.409 e. The zero-order chi connectivity index (χ0) is 18.4. The quantitative estimate of drug-likeness (QED) is 0.383. The van der Waals surface area contributed by atoms with Gasteiger partial charge in [-0.1, -0.05) is 6.07 Å². The van der Waals surface area contributed by atoms with Crippen LogP contribution in [0, 0.1) is 0 Å². The summed E-state index contributed by atoms with van der Waals surface area (Å²) >= 11 is 0. The number of amides is 1. The molecule has 0 saturated carbocycles. The number of fused-ring (bicyclic) bond motifs is 1. The number of nitrogens with one attached hydrogen (secondary N) is 1. The van der Waals surface area contributed by atoms with E-state index in [4.69, 9.17) is 10.5 Å². The molecule has 3 heterocycles. The molecular formula is C18H27IN6O2. The summed E-state index contributed by atoms with van der Waals surface area (Å²) in [5.41, 5.74) is 7.93. The highest BCUT2D eigenvalue weighted by Gasteiger charge is 2.23. The van der Waals surface area contributed by atoms with Gasteiger partial charge in [0.25, 0.3) is 0 Å². The predicted molar refractivity (Wildman–Crippen MR) is 116 cm³/mol. The molecule has 2 aromatic heterocycles. The van der Waals surface area contributed by atoms with Crippen molar-refractivity contribution in [3.05, 3.63) is 36.3 Å². The van der Waals surface area contributed by atoms with Crippen LogP contribution in [0.15, 0.2) is 35.6 Å². The Morgan fingerprint density at radius 1 is 1.41 bits per heavy atom. The molecule has 1 aliphatic rings. The van der Waals surface area contributed by atoms with Crippen molar-refractivity contribution in [1.82, 2.24) is 19.6 Å². The van der Waals surface area contributed by atoms with Gasteiger partial charge < -0.3 is 25.1 Å². The monoisotopic (exact) mass is 486 g/mol. The summed E-state index contributed by atoms with van der Waals surface area (Å²) in [5.74, 6) is 0.448. The Labute approximate surface area is 176 Å². The lowest BCUT2D eigenvalue weighted by atomic mass is 10.1. The van der Waals surface area contributed by atoms with E-state index >= 15 is 0 Å². The number of aliphatic imine (C=N–C) groups is 1. The molecule has 8 nitrogen and oxygen atoms in total. The maximum Gasteiger partial charge on any atom is 0.409 e. The van der Waals surface area contributed by atoms with Crippen LogP contribution in [0.2, 0.25) is 0 Å². The normalized spacial score (nSPS) is 15.4. The third kappa shape index (κ3) is 5.98. The van der Waals surface area contributed by atoms with Crippen LogP contribution in [0.25, 0.3) is 5.65 Å². The van der Waals surface area contributed by atoms with Crippen LogP contribution in [0.3, 0.4) is 0 Å². The van der Waals surface area contributed by atoms with Crippen molar-refractivity contribution in [2.45, 2.75) is 32.2 Å². The molecule has 0 atom stereocenters. The number of piperidine rings is 1. The summed E-state index contributed by atoms with van der Waals surface area (Å²) in [7, 11) is 0. The van der Waals surface area contributed by atoms with E-state index in [1.54, 1.807) is 4.90 Å². The molecule has 0 unspecified atom stereocenters. The minimum Gasteiger partial charge on any atom is -0.450 e. The van der Waals surface area contributed by atoms with Gasteiger partial charge in [-0.2, -0.15) is 0 Å². The molecule has 0 spiro atoms. The number of rotatable bonds is 5. The number of guanidine groups is 1. The van der Waals surface area contributed by atoms with Crippen molar-refractivity contribution in [3.63, 3.8) is 0 Å². The van der Waals surface area contributed by atoms with Gasteiger partial charge in [0.2, 0.25) is 0 Å². The molecule has 27 heavy (non-hydrogen) atoms. The van der Waals surface area contributed by atoms with Crippen molar-refractivity contribution in [1.29, 1.82) is 0 Å². The minimum atomic E-state index is -0.236. The lowest BCUT2D eigenvalue weighted by molar-refractivity contribution is 0.0963. The summed E-state index contributed by atoms with van der Waals surface area (Å²) in [6, 6.07) is 6.16. The molecule has 2 aromatic rings. The Kier molecular flexibility index (Phi) is 8.14. The molecule has 1 saturated heterocycles. The first-order valence-corrected chi connectivity index (χ1v) is 9.06. The largest absolute Gasteiger partial charge is 0.450 e. The highest BCUT2D eigenvalue weighted by molar-refractivity contribution is 14.0. The first kappa shape index (κ1) is 21.3. The molecule has 0 bridgehead atoms. The second-order valence-corrected chi connectivity index (χ2v) is 6.32. The van der Waals surface area contributed by atoms with Crippen LogP contribution in [-0.4, -0.2) is 58.6 Å². The maximum absolute atomic E-state index is 11.7. The Hall–Kier alpha value is -2.04. The second-order valence-electron chi connectivity index (χ2n) is 6.32. The molecule has 1 aliphatic heterocycles. The number of carbonyl (C=O) groups is 1. The average molecular weight is 486 g/mol. The molecule has 0 radical (unpaired) electrons. The van der Waals surface area contributed by atoms with E-state index in [2.05, 4.69) is 15.3 Å². The van der Waals surface area contributed by atoms with Crippen molar-refractivity contribution in [2.24, 2.45) is 10.7 Å². The fraction of sp³-hybridized carbons (Fsp3) is 0.500. The first-order chi connectivity index (χ1) is 12.7. The van der Waals surface area contributed by atoms with Gasteiger partial charge in [-0.05, 0) is 31.9 Å². The van der Waals surface area contributed by atoms with Crippen LogP contribution in [0.5, 0.6) is 0 Å². The van der Waals surface area contributed by atoms with Gasteiger partial charge in [0.05, 0.1) is 12.3 Å². The van der Waals surface area contributed by atoms with Gasteiger partial charge in [0.15, 0.2) is 5.96 Å². The molecule has 0 aromatic carbocycles. The van der Waals surface area contributed by atoms with Crippen LogP contribution in [0.1, 0.15) is 25.5 Å². The molecule has 0 aliphatic carbocycles. The van der Waals surface area contributed by atoms with E-state index in [-0.39, 0.29) is 36.1 Å². The third-order valence-electron chi connectivity index (χ3n) is 4.44. The summed E-state index contributed by atoms with van der Waals surface area (Å²) < 4.78 is 7.02. The summed E-state index contributed by atoms with van der Waals surface area (Å²) in [5, 5.41) is 3.25. The Bertz CT molecular complexity index is 737. The highest BCUT2D eigenvalue weighted by Crippen LogP contribution is 2.11. The number of imidazole rings is 1. The molecule has 3 N–H and O–H groups in total. The number of aromatic nitrogens is 2. The van der Waals surface area contributed by atoms with Crippen LogP contribution < -0.4 is 11.1 Å². The second kappa shape index (κ2) is 10.3. The molecular weight excluding hydrogens is 459 g/mol. The average Bonchev–Trinajstić information content (AvgIpc) is 3.05. The highest BCUT2D eigenvalue weighted by atomic mass is 127. The number of ether oxygens (including phenoxy) is 1. The van der Waals surface area contributed by atoms with E-state index in [1.165, 1.54) is 0 Å². The van der Waals surface area contributed by atoms with E-state index in [9.17, 15) is 4.79 Å². The van der Waals surface area contributed by atoms with Gasteiger partial charge in [0, 0.05) is 44.5 Å². The summed E-state index contributed by atoms with van der Waals surface area (Å²) in [6.07, 6.45) is 6.17. The molecule has 9 heteroatoms. The Morgan fingerprint density at radius 3 is 2.89 bits per heavy atom. The van der Waals surface area contributed by atoms with Crippen LogP contribution in [-0.2, 0) is 11.2 Å². The topological polar surface area (TPSA) is 97.2 Å². The van der Waals surface area contributed by atoms with Crippen LogP contribution >= 0.6 is 24.0 Å². The van der Waals surface area contributed by atoms with Crippen molar-refractivity contribution >= 4 is 41.7 Å². The van der Waals surface area contributed by atoms with E-state index in [0.717, 1.165) is 30.6 Å². The van der Waals surface area contributed by atoms with Gasteiger partial charge in [0.1, 0.15) is 5.65 Å². The zero-order valence-electron chi connectivity index (χ0n) is 15.5. The molecule has 3 rings (SSSR count). The SMILES string of the molecule is CCOC(=O)N1CCC(NC(N)=NCCc2cn3ccccc3n2)CC1.I. The Balaban J connectivity index is 0.00000261. The maximum atomic E-state index is 11.7. The van der Waals surface area contributed by atoms with E-state index in [1.807, 2.05) is 41.9 Å². The summed E-state index contributed by atoms with van der Waals surface area (Å²) in [4.78, 5) is 22.4. The number of nitrogens with zero attached hydrogens (tertiary/aromatic N) is 4. The van der Waals surface area contributed by atoms with E-state index in [0.29, 0.717) is 32.2 Å². The number of carbonyl (C=O) groups excluding carboxylic acids is 1. The molecule has 148 valence electrons. The van der Waals surface area contributed by atoms with Crippen molar-refractivity contribution in [2.75, 3.05) is 26.2 Å². The van der Waals surface area contributed by atoms with Crippen molar-refractivity contribution < 1.29 is 9.53 Å². The number of halogens is 1. The Morgan fingerprint density at radius 2 is 2.19 bits per heavy atom. The van der Waals surface area contributed by atoms with Crippen molar-refractivity contribution in [3.8, 4) is 0 Å². The van der Waals surface area contributed by atoms with E-state index < -0.39 is 0 Å². The van der Waals surface area contributed by atoms with Crippen LogP contribution in [0.4, 0.5) is 4.79 Å². The van der Waals surface area contributed by atoms with Gasteiger partial charge in [-0.3, -0.25) is 4.99 Å². The predicted octanol–water partition coefficient (Wildman–Crippen LogP) is 2.02. The summed E-state index contributed by atoms with van der Waals surface area (Å²) in [6.45, 7) is 4.15. The number of likely N-dealkylation sites (tertiary alicyclic amines) is 1. The lowest BCUT2D eigenvalue weighted by Crippen LogP contribution is -2.48.